The number of ether oxygens (including phenoxy) is 2. The van der Waals surface area contributed by atoms with Crippen molar-refractivity contribution in [3.8, 4) is 5.75 Å². The largest absolute Gasteiger partial charge is 0.491 e. The van der Waals surface area contributed by atoms with Crippen LogP contribution in [0, 0.1) is 0 Å². The third kappa shape index (κ3) is 5.23. The van der Waals surface area contributed by atoms with Gasteiger partial charge in [0.15, 0.2) is 5.96 Å². The van der Waals surface area contributed by atoms with Gasteiger partial charge in [0, 0.05) is 24.3 Å². The molecular weight excluding hydrogens is 338 g/mol. The lowest BCUT2D eigenvalue weighted by Crippen LogP contribution is -2.38. The van der Waals surface area contributed by atoms with Crippen LogP contribution in [-0.2, 0) is 10.2 Å². The summed E-state index contributed by atoms with van der Waals surface area (Å²) in [6.45, 7) is 6.18. The Labute approximate surface area is 161 Å². The fourth-order valence-electron chi connectivity index (χ4n) is 3.40. The predicted octanol–water partition coefficient (Wildman–Crippen LogP) is 3.95. The smallest absolute Gasteiger partial charge is 0.193 e. The molecule has 5 heteroatoms. The van der Waals surface area contributed by atoms with Gasteiger partial charge in [-0.05, 0) is 56.5 Å². The molecule has 1 fully saturated rings. The van der Waals surface area contributed by atoms with E-state index in [0.717, 1.165) is 37.5 Å². The molecule has 0 radical (unpaired) electrons. The Balaban J connectivity index is 1.67. The highest BCUT2D eigenvalue weighted by Gasteiger charge is 2.34. The van der Waals surface area contributed by atoms with Crippen LogP contribution in [0.3, 0.4) is 0 Å². The minimum absolute atomic E-state index is 0.0131. The van der Waals surface area contributed by atoms with E-state index in [1.54, 1.807) is 0 Å². The van der Waals surface area contributed by atoms with Gasteiger partial charge in [0.05, 0.1) is 12.6 Å². The van der Waals surface area contributed by atoms with Crippen molar-refractivity contribution in [1.29, 1.82) is 0 Å². The number of hydrogen-bond donors (Lipinski definition) is 2. The van der Waals surface area contributed by atoms with Gasteiger partial charge in [0.25, 0.3) is 0 Å². The van der Waals surface area contributed by atoms with Crippen LogP contribution < -0.4 is 15.8 Å². The van der Waals surface area contributed by atoms with Crippen molar-refractivity contribution in [2.75, 3.05) is 25.1 Å². The number of nitrogens with two attached hydrogens (primary N) is 1. The Bertz CT molecular complexity index is 736. The van der Waals surface area contributed by atoms with Crippen LogP contribution in [-0.4, -0.2) is 31.8 Å². The highest BCUT2D eigenvalue weighted by Crippen LogP contribution is 2.35. The van der Waals surface area contributed by atoms with Gasteiger partial charge < -0.3 is 20.5 Å². The van der Waals surface area contributed by atoms with E-state index in [1.165, 1.54) is 5.56 Å². The average Bonchev–Trinajstić information content (AvgIpc) is 2.69. The van der Waals surface area contributed by atoms with Crippen molar-refractivity contribution >= 4 is 11.6 Å². The molecule has 0 spiro atoms. The summed E-state index contributed by atoms with van der Waals surface area (Å²) in [5, 5.41) is 3.17. The Morgan fingerprint density at radius 1 is 1.11 bits per heavy atom. The summed E-state index contributed by atoms with van der Waals surface area (Å²) in [5.74, 6) is 1.27. The van der Waals surface area contributed by atoms with Crippen LogP contribution in [0.25, 0.3) is 0 Å². The van der Waals surface area contributed by atoms with Gasteiger partial charge in [-0.25, -0.2) is 0 Å². The molecule has 2 aromatic rings. The third-order valence-corrected chi connectivity index (χ3v) is 4.89. The minimum atomic E-state index is -0.0131. The van der Waals surface area contributed by atoms with Crippen molar-refractivity contribution < 1.29 is 9.47 Å². The van der Waals surface area contributed by atoms with Crippen molar-refractivity contribution in [3.05, 3.63) is 60.2 Å². The molecule has 144 valence electrons. The monoisotopic (exact) mass is 367 g/mol. The number of benzene rings is 2. The van der Waals surface area contributed by atoms with Crippen molar-refractivity contribution in [1.82, 2.24) is 0 Å². The zero-order chi connectivity index (χ0) is 19.1. The van der Waals surface area contributed by atoms with E-state index in [-0.39, 0.29) is 11.5 Å². The Kier molecular flexibility index (Phi) is 6.35. The number of nitrogens with one attached hydrogen (secondary N) is 1. The van der Waals surface area contributed by atoms with E-state index in [2.05, 4.69) is 34.6 Å². The van der Waals surface area contributed by atoms with Gasteiger partial charge in [-0.15, -0.1) is 0 Å². The highest BCUT2D eigenvalue weighted by molar-refractivity contribution is 5.92. The van der Waals surface area contributed by atoms with E-state index in [9.17, 15) is 0 Å². The van der Waals surface area contributed by atoms with E-state index < -0.39 is 0 Å². The maximum absolute atomic E-state index is 6.16. The molecule has 1 aliphatic heterocycles. The zero-order valence-corrected chi connectivity index (χ0v) is 16.2. The van der Waals surface area contributed by atoms with Crippen LogP contribution in [0.2, 0.25) is 0 Å². The lowest BCUT2D eigenvalue weighted by molar-refractivity contribution is 0.0531. The average molecular weight is 367 g/mol. The van der Waals surface area contributed by atoms with E-state index in [0.29, 0.717) is 12.5 Å². The topological polar surface area (TPSA) is 68.9 Å². The molecule has 1 heterocycles. The summed E-state index contributed by atoms with van der Waals surface area (Å²) in [6.07, 6.45) is 2.06. The van der Waals surface area contributed by atoms with Crippen molar-refractivity contribution in [2.45, 2.75) is 38.2 Å². The first-order valence-electron chi connectivity index (χ1n) is 9.54. The molecule has 1 saturated heterocycles. The van der Waals surface area contributed by atoms with Gasteiger partial charge in [-0.1, -0.05) is 30.3 Å². The fraction of sp³-hybridized carbons (Fsp3) is 0.409. The number of aliphatic imine (C=N–C) groups is 1. The second-order valence-electron chi connectivity index (χ2n) is 7.28. The molecule has 3 N–H and O–H groups in total. The number of hydrogen-bond acceptors (Lipinski definition) is 3. The predicted molar refractivity (Wildman–Crippen MR) is 110 cm³/mol. The first-order valence-corrected chi connectivity index (χ1v) is 9.54. The normalized spacial score (nSPS) is 16.9. The van der Waals surface area contributed by atoms with E-state index >= 15 is 0 Å². The SMILES string of the molecule is CC(C)Oc1ccc(NC(N)=NCC2(c3ccccc3)CCOCC2)cc1. The van der Waals surface area contributed by atoms with Crippen LogP contribution in [0.15, 0.2) is 59.6 Å². The number of guanidine groups is 1. The molecule has 0 saturated carbocycles. The molecular formula is C22H29N3O2. The van der Waals surface area contributed by atoms with Gasteiger partial charge in [-0.3, -0.25) is 4.99 Å². The molecule has 0 aromatic heterocycles. The van der Waals surface area contributed by atoms with Crippen molar-refractivity contribution in [2.24, 2.45) is 10.7 Å². The van der Waals surface area contributed by atoms with Gasteiger partial charge in [0.2, 0.25) is 0 Å². The number of anilines is 1. The Hall–Kier alpha value is -2.53. The van der Waals surface area contributed by atoms with E-state index in [4.69, 9.17) is 15.2 Å². The summed E-state index contributed by atoms with van der Waals surface area (Å²) in [6, 6.07) is 18.3. The Morgan fingerprint density at radius 3 is 2.41 bits per heavy atom. The molecule has 0 bridgehead atoms. The summed E-state index contributed by atoms with van der Waals surface area (Å²) < 4.78 is 11.2. The Morgan fingerprint density at radius 2 is 1.78 bits per heavy atom. The molecule has 0 unspecified atom stereocenters. The van der Waals surface area contributed by atoms with Crippen LogP contribution in [0.5, 0.6) is 5.75 Å². The zero-order valence-electron chi connectivity index (χ0n) is 16.2. The maximum Gasteiger partial charge on any atom is 0.193 e. The molecule has 27 heavy (non-hydrogen) atoms. The summed E-state index contributed by atoms with van der Waals surface area (Å²) >= 11 is 0. The van der Waals surface area contributed by atoms with E-state index in [1.807, 2.05) is 44.2 Å². The lowest BCUT2D eigenvalue weighted by atomic mass is 9.74. The minimum Gasteiger partial charge on any atom is -0.491 e. The first-order chi connectivity index (χ1) is 13.1. The van der Waals surface area contributed by atoms with Crippen LogP contribution in [0.4, 0.5) is 5.69 Å². The standard InChI is InChI=1S/C22H29N3O2/c1-17(2)27-20-10-8-19(9-11-20)25-21(23)24-16-22(12-14-26-15-13-22)18-6-4-3-5-7-18/h3-11,17H,12-16H2,1-2H3,(H3,23,24,25). The van der Waals surface area contributed by atoms with Crippen LogP contribution in [0.1, 0.15) is 32.3 Å². The van der Waals surface area contributed by atoms with Crippen LogP contribution >= 0.6 is 0 Å². The van der Waals surface area contributed by atoms with Gasteiger partial charge in [-0.2, -0.15) is 0 Å². The number of rotatable bonds is 6. The second kappa shape index (κ2) is 8.91. The fourth-order valence-corrected chi connectivity index (χ4v) is 3.40. The summed E-state index contributed by atoms with van der Waals surface area (Å²) in [4.78, 5) is 4.66. The molecule has 5 nitrogen and oxygen atoms in total. The third-order valence-electron chi connectivity index (χ3n) is 4.89. The highest BCUT2D eigenvalue weighted by atomic mass is 16.5. The molecule has 2 aromatic carbocycles. The summed E-state index contributed by atoms with van der Waals surface area (Å²) in [5.41, 5.74) is 8.34. The van der Waals surface area contributed by atoms with Crippen molar-refractivity contribution in [3.63, 3.8) is 0 Å². The first kappa shape index (κ1) is 19.2. The lowest BCUT2D eigenvalue weighted by Gasteiger charge is -2.36. The van der Waals surface area contributed by atoms with Gasteiger partial charge >= 0.3 is 0 Å². The summed E-state index contributed by atoms with van der Waals surface area (Å²) in [7, 11) is 0. The molecule has 0 atom stereocenters. The number of nitrogens with zero attached hydrogens (tertiary/aromatic N) is 1. The molecule has 0 aliphatic carbocycles. The van der Waals surface area contributed by atoms with Gasteiger partial charge in [0.1, 0.15) is 5.75 Å². The molecule has 1 aliphatic rings. The molecule has 3 rings (SSSR count). The molecule has 0 amide bonds. The maximum atomic E-state index is 6.16. The quantitative estimate of drug-likeness (QED) is 0.599. The second-order valence-corrected chi connectivity index (χ2v) is 7.28.